The van der Waals surface area contributed by atoms with Crippen LogP contribution in [-0.4, -0.2) is 0 Å². The van der Waals surface area contributed by atoms with Crippen LogP contribution >= 0.6 is 34.9 Å². The van der Waals surface area contributed by atoms with E-state index in [-0.39, 0.29) is 0 Å². The molecule has 0 spiro atoms. The van der Waals surface area contributed by atoms with Crippen LogP contribution in [0.3, 0.4) is 0 Å². The number of nitrogens with zero attached hydrogens (tertiary/aromatic N) is 2. The second kappa shape index (κ2) is 16.6. The lowest BCUT2D eigenvalue weighted by molar-refractivity contribution is 0.360. The van der Waals surface area contributed by atoms with E-state index in [2.05, 4.69) is 210 Å². The number of furan rings is 1. The Morgan fingerprint density at radius 2 is 0.986 bits per heavy atom. The Morgan fingerprint density at radius 1 is 0.361 bits per heavy atom. The van der Waals surface area contributed by atoms with Gasteiger partial charge in [0, 0.05) is 80.0 Å². The van der Waals surface area contributed by atoms with Crippen LogP contribution in [0, 0.1) is 0 Å². The molecule has 0 N–H and O–H groups in total. The number of fused-ring (bicyclic) bond motifs is 12. The number of ether oxygens (including phenoxy) is 2. The molecule has 2 aliphatic rings. The van der Waals surface area contributed by atoms with E-state index in [1.165, 1.54) is 50.7 Å². The molecule has 0 unspecified atom stereocenters. The van der Waals surface area contributed by atoms with Gasteiger partial charge in [-0.25, -0.2) is 0 Å². The number of hydrogen-bond acceptors (Lipinski definition) is 8. The van der Waals surface area contributed by atoms with Gasteiger partial charge in [-0.2, -0.15) is 0 Å². The summed E-state index contributed by atoms with van der Waals surface area (Å²) in [6, 6.07) is 82.1. The SMILES string of the molecule is c1ccc(N(c2ccc3c(c2)Oc2ccccc2O3)c2ccc(-c3ccc(N(c4ccc5c(c4)Sc4ccccc4S5)c4ccc5oc6c7ccccc7ccc6c5c4)cc3)c3c2sc2ccccc23)cc1. The van der Waals surface area contributed by atoms with Crippen molar-refractivity contribution < 1.29 is 13.9 Å². The molecule has 340 valence electrons. The zero-order chi connectivity index (χ0) is 47.3. The topological polar surface area (TPSA) is 38.1 Å². The summed E-state index contributed by atoms with van der Waals surface area (Å²) in [5.41, 5.74) is 10.4. The van der Waals surface area contributed by atoms with E-state index in [9.17, 15) is 0 Å². The van der Waals surface area contributed by atoms with Crippen molar-refractivity contribution >= 4 is 122 Å². The smallest absolute Gasteiger partial charge is 0.172 e. The highest BCUT2D eigenvalue weighted by molar-refractivity contribution is 8.05. The number of rotatable bonds is 7. The van der Waals surface area contributed by atoms with Gasteiger partial charge in [0.25, 0.3) is 0 Å². The molecule has 4 heterocycles. The normalized spacial score (nSPS) is 12.6. The third-order valence-corrected chi connectivity index (χ3v) is 17.5. The lowest BCUT2D eigenvalue weighted by atomic mass is 9.97. The highest BCUT2D eigenvalue weighted by Gasteiger charge is 2.26. The van der Waals surface area contributed by atoms with Gasteiger partial charge in [-0.1, -0.05) is 133 Å². The lowest BCUT2D eigenvalue weighted by Crippen LogP contribution is -2.11. The quantitative estimate of drug-likeness (QED) is 0.158. The number of hydrogen-bond donors (Lipinski definition) is 0. The first-order valence-corrected chi connectivity index (χ1v) is 26.3. The van der Waals surface area contributed by atoms with Gasteiger partial charge in [0.2, 0.25) is 0 Å². The van der Waals surface area contributed by atoms with Crippen LogP contribution in [-0.2, 0) is 0 Å². The fourth-order valence-electron chi connectivity index (χ4n) is 10.4. The van der Waals surface area contributed by atoms with Crippen LogP contribution in [0.4, 0.5) is 34.1 Å². The summed E-state index contributed by atoms with van der Waals surface area (Å²) >= 11 is 5.51. The first-order valence-electron chi connectivity index (χ1n) is 23.9. The average Bonchev–Trinajstić information content (AvgIpc) is 4.02. The minimum atomic E-state index is 0.676. The predicted octanol–water partition coefficient (Wildman–Crippen LogP) is 20.2. The first-order chi connectivity index (χ1) is 35.6. The van der Waals surface area contributed by atoms with Crippen LogP contribution in [0.2, 0.25) is 0 Å². The Labute approximate surface area is 427 Å². The molecule has 0 radical (unpaired) electrons. The molecule has 72 heavy (non-hydrogen) atoms. The Bertz CT molecular complexity index is 4320. The van der Waals surface area contributed by atoms with Crippen molar-refractivity contribution in [3.63, 3.8) is 0 Å². The maximum absolute atomic E-state index is 6.61. The summed E-state index contributed by atoms with van der Waals surface area (Å²) in [4.78, 5) is 9.81. The molecule has 11 aromatic carbocycles. The van der Waals surface area contributed by atoms with E-state index in [1.54, 1.807) is 0 Å². The van der Waals surface area contributed by atoms with Gasteiger partial charge in [-0.15, -0.1) is 11.3 Å². The molecule has 2 aromatic heterocycles. The van der Waals surface area contributed by atoms with E-state index in [1.807, 2.05) is 65.2 Å². The molecule has 0 aliphatic carbocycles. The Morgan fingerprint density at radius 3 is 1.83 bits per heavy atom. The molecular weight excluding hydrogens is 941 g/mol. The number of benzene rings is 11. The molecular formula is C64H38N2O3S3. The summed E-state index contributed by atoms with van der Waals surface area (Å²) in [7, 11) is 0. The van der Waals surface area contributed by atoms with Crippen molar-refractivity contribution in [3.05, 3.63) is 231 Å². The number of para-hydroxylation sites is 3. The highest BCUT2D eigenvalue weighted by Crippen LogP contribution is 2.53. The minimum absolute atomic E-state index is 0.676. The van der Waals surface area contributed by atoms with E-state index in [0.717, 1.165) is 67.0 Å². The van der Waals surface area contributed by atoms with Crippen molar-refractivity contribution in [3.8, 4) is 34.1 Å². The standard InChI is InChI=1S/C64H38N2O3S3/c1-2-13-41(14-3-1)66(44-28-34-55-56(37-44)68-54-18-8-7-17-53(54)67-55)51-32-31-46(62-49-16-6-9-19-57(49)72-64(51)62)40-22-25-42(26-23-40)65(45-29-35-60-61(38-45)71-59-21-11-10-20-58(59)70-60)43-27-33-52-50(36-43)48-30-24-39-12-4-5-15-47(39)63(48)69-52/h1-38H. The van der Waals surface area contributed by atoms with E-state index >= 15 is 0 Å². The van der Waals surface area contributed by atoms with Crippen molar-refractivity contribution in [1.82, 2.24) is 0 Å². The molecule has 0 saturated carbocycles. The van der Waals surface area contributed by atoms with Gasteiger partial charge in [0.15, 0.2) is 23.0 Å². The molecule has 15 rings (SSSR count). The van der Waals surface area contributed by atoms with Crippen LogP contribution in [0.25, 0.3) is 64.0 Å². The molecule has 0 amide bonds. The molecule has 0 atom stereocenters. The fraction of sp³-hybridized carbons (Fsp3) is 0. The van der Waals surface area contributed by atoms with Crippen LogP contribution < -0.4 is 19.3 Å². The zero-order valence-electron chi connectivity index (χ0n) is 38.3. The average molecular weight is 979 g/mol. The van der Waals surface area contributed by atoms with Gasteiger partial charge in [-0.05, 0) is 132 Å². The number of anilines is 6. The highest BCUT2D eigenvalue weighted by atomic mass is 32.2. The summed E-state index contributed by atoms with van der Waals surface area (Å²) < 4.78 is 21.8. The van der Waals surface area contributed by atoms with Crippen molar-refractivity contribution in [2.24, 2.45) is 0 Å². The van der Waals surface area contributed by atoms with E-state index in [4.69, 9.17) is 13.9 Å². The molecule has 13 aromatic rings. The molecule has 0 saturated heterocycles. The molecule has 0 bridgehead atoms. The fourth-order valence-corrected chi connectivity index (χ4v) is 13.9. The zero-order valence-corrected chi connectivity index (χ0v) is 40.7. The largest absolute Gasteiger partial charge is 0.455 e. The molecule has 0 fully saturated rings. The van der Waals surface area contributed by atoms with E-state index in [0.29, 0.717) is 23.0 Å². The third kappa shape index (κ3) is 6.78. The van der Waals surface area contributed by atoms with Crippen LogP contribution in [0.15, 0.2) is 255 Å². The van der Waals surface area contributed by atoms with E-state index < -0.39 is 0 Å². The van der Waals surface area contributed by atoms with Crippen molar-refractivity contribution in [2.75, 3.05) is 9.80 Å². The lowest BCUT2D eigenvalue weighted by Gasteiger charge is -2.28. The predicted molar refractivity (Wildman–Crippen MR) is 300 cm³/mol. The number of thiophene rings is 1. The second-order valence-electron chi connectivity index (χ2n) is 18.0. The maximum atomic E-state index is 6.61. The van der Waals surface area contributed by atoms with Gasteiger partial charge >= 0.3 is 0 Å². The summed E-state index contributed by atoms with van der Waals surface area (Å²) in [6.07, 6.45) is 0. The van der Waals surface area contributed by atoms with Crippen molar-refractivity contribution in [1.29, 1.82) is 0 Å². The molecule has 8 heteroatoms. The Balaban J connectivity index is 0.865. The summed E-state index contributed by atoms with van der Waals surface area (Å²) in [5.74, 6) is 2.78. The Kier molecular flexibility index (Phi) is 9.55. The van der Waals surface area contributed by atoms with Gasteiger partial charge < -0.3 is 23.7 Å². The maximum Gasteiger partial charge on any atom is 0.172 e. The summed E-state index contributed by atoms with van der Waals surface area (Å²) in [6.45, 7) is 0. The van der Waals surface area contributed by atoms with Crippen LogP contribution in [0.1, 0.15) is 0 Å². The van der Waals surface area contributed by atoms with Gasteiger partial charge in [0.1, 0.15) is 11.2 Å². The Hall–Kier alpha value is -8.40. The van der Waals surface area contributed by atoms with Crippen LogP contribution in [0.5, 0.6) is 23.0 Å². The monoisotopic (exact) mass is 978 g/mol. The van der Waals surface area contributed by atoms with Gasteiger partial charge in [-0.3, -0.25) is 0 Å². The molecule has 2 aliphatic heterocycles. The summed E-state index contributed by atoms with van der Waals surface area (Å²) in [5, 5.41) is 6.93. The van der Waals surface area contributed by atoms with Gasteiger partial charge in [0.05, 0.1) is 16.1 Å². The minimum Gasteiger partial charge on any atom is -0.455 e. The third-order valence-electron chi connectivity index (χ3n) is 13.7. The molecule has 5 nitrogen and oxygen atoms in total. The second-order valence-corrected chi connectivity index (χ2v) is 21.2. The first kappa shape index (κ1) is 41.4. The van der Waals surface area contributed by atoms with Crippen molar-refractivity contribution in [2.45, 2.75) is 19.6 Å².